The van der Waals surface area contributed by atoms with Crippen molar-refractivity contribution in [2.24, 2.45) is 0 Å². The van der Waals surface area contributed by atoms with Crippen LogP contribution in [-0.4, -0.2) is 36.6 Å². The quantitative estimate of drug-likeness (QED) is 0.419. The number of nitro groups is 1. The van der Waals surface area contributed by atoms with E-state index in [0.29, 0.717) is 12.4 Å². The molecule has 1 N–H and O–H groups in total. The molecule has 0 bridgehead atoms. The number of nitrogens with one attached hydrogen (secondary N) is 1. The molecule has 2 rings (SSSR count). The van der Waals surface area contributed by atoms with Gasteiger partial charge in [-0.05, 0) is 32.0 Å². The number of ether oxygens (including phenoxy) is 3. The molecule has 0 aliphatic carbocycles. The van der Waals surface area contributed by atoms with Crippen LogP contribution in [0.2, 0.25) is 0 Å². The van der Waals surface area contributed by atoms with Gasteiger partial charge in [-0.15, -0.1) is 0 Å². The van der Waals surface area contributed by atoms with Gasteiger partial charge in [-0.25, -0.2) is 4.79 Å². The maximum absolute atomic E-state index is 12.4. The molecule has 0 aromatic heterocycles. The number of non-ortho nitro benzene ring substituents is 1. The van der Waals surface area contributed by atoms with Crippen LogP contribution in [-0.2, 0) is 9.53 Å². The SMILES string of the molecule is CCOc1ccccc1C(=O)OC(C)C(=O)Nc1cc([N+](=O)[O-])ccc1OC. The van der Waals surface area contributed by atoms with Gasteiger partial charge in [0, 0.05) is 12.1 Å². The van der Waals surface area contributed by atoms with E-state index in [2.05, 4.69) is 5.32 Å². The number of rotatable bonds is 8. The van der Waals surface area contributed by atoms with Gasteiger partial charge in [0.15, 0.2) is 6.10 Å². The maximum atomic E-state index is 12.4. The van der Waals surface area contributed by atoms with E-state index in [0.717, 1.165) is 6.07 Å². The highest BCUT2D eigenvalue weighted by molar-refractivity contribution is 5.99. The summed E-state index contributed by atoms with van der Waals surface area (Å²) >= 11 is 0. The number of para-hydroxylation sites is 1. The van der Waals surface area contributed by atoms with E-state index in [1.54, 1.807) is 25.1 Å². The van der Waals surface area contributed by atoms with E-state index in [1.165, 1.54) is 32.2 Å². The molecule has 2 aromatic rings. The van der Waals surface area contributed by atoms with Gasteiger partial charge in [0.05, 0.1) is 24.3 Å². The summed E-state index contributed by atoms with van der Waals surface area (Å²) < 4.78 is 15.7. The molecule has 2 aromatic carbocycles. The predicted molar refractivity (Wildman–Crippen MR) is 101 cm³/mol. The van der Waals surface area contributed by atoms with E-state index < -0.39 is 22.9 Å². The molecular weight excluding hydrogens is 368 g/mol. The smallest absolute Gasteiger partial charge is 0.342 e. The van der Waals surface area contributed by atoms with Crippen LogP contribution in [0.15, 0.2) is 42.5 Å². The average molecular weight is 388 g/mol. The van der Waals surface area contributed by atoms with Crippen LogP contribution >= 0.6 is 0 Å². The molecular formula is C19H20N2O7. The van der Waals surface area contributed by atoms with E-state index in [9.17, 15) is 19.7 Å². The lowest BCUT2D eigenvalue weighted by atomic mass is 10.2. The number of methoxy groups -OCH3 is 1. The number of hydrogen-bond donors (Lipinski definition) is 1. The summed E-state index contributed by atoms with van der Waals surface area (Å²) in [7, 11) is 1.37. The highest BCUT2D eigenvalue weighted by atomic mass is 16.6. The minimum absolute atomic E-state index is 0.0966. The van der Waals surface area contributed by atoms with Crippen LogP contribution < -0.4 is 14.8 Å². The molecule has 0 aliphatic rings. The number of anilines is 1. The summed E-state index contributed by atoms with van der Waals surface area (Å²) in [5.74, 6) is -0.805. The molecule has 0 saturated heterocycles. The number of carbonyl (C=O) groups excluding carboxylic acids is 2. The van der Waals surface area contributed by atoms with Crippen molar-refractivity contribution in [2.75, 3.05) is 19.0 Å². The first kappa shape index (κ1) is 20.7. The van der Waals surface area contributed by atoms with Crippen molar-refractivity contribution in [1.82, 2.24) is 0 Å². The van der Waals surface area contributed by atoms with E-state index in [4.69, 9.17) is 14.2 Å². The number of amides is 1. The highest BCUT2D eigenvalue weighted by Gasteiger charge is 2.23. The molecule has 1 atom stereocenters. The topological polar surface area (TPSA) is 117 Å². The maximum Gasteiger partial charge on any atom is 0.342 e. The fourth-order valence-electron chi connectivity index (χ4n) is 2.34. The summed E-state index contributed by atoms with van der Waals surface area (Å²) in [6.45, 7) is 3.54. The zero-order valence-corrected chi connectivity index (χ0v) is 15.6. The van der Waals surface area contributed by atoms with Gasteiger partial charge >= 0.3 is 5.97 Å². The molecule has 0 heterocycles. The third kappa shape index (κ3) is 4.97. The van der Waals surface area contributed by atoms with Crippen LogP contribution in [0.5, 0.6) is 11.5 Å². The Morgan fingerprint density at radius 3 is 2.54 bits per heavy atom. The Morgan fingerprint density at radius 1 is 1.18 bits per heavy atom. The Morgan fingerprint density at radius 2 is 1.89 bits per heavy atom. The zero-order valence-electron chi connectivity index (χ0n) is 15.6. The lowest BCUT2D eigenvalue weighted by Crippen LogP contribution is -2.30. The van der Waals surface area contributed by atoms with Gasteiger partial charge in [0.1, 0.15) is 17.1 Å². The van der Waals surface area contributed by atoms with Crippen molar-refractivity contribution in [2.45, 2.75) is 20.0 Å². The summed E-state index contributed by atoms with van der Waals surface area (Å²) in [5.41, 5.74) is 0.0719. The van der Waals surface area contributed by atoms with Crippen molar-refractivity contribution in [3.05, 3.63) is 58.1 Å². The normalized spacial score (nSPS) is 11.2. The van der Waals surface area contributed by atoms with Crippen LogP contribution in [0.4, 0.5) is 11.4 Å². The van der Waals surface area contributed by atoms with Crippen LogP contribution in [0, 0.1) is 10.1 Å². The lowest BCUT2D eigenvalue weighted by molar-refractivity contribution is -0.384. The molecule has 0 fully saturated rings. The fraction of sp³-hybridized carbons (Fsp3) is 0.263. The Hall–Kier alpha value is -3.62. The van der Waals surface area contributed by atoms with Crippen molar-refractivity contribution < 1.29 is 28.7 Å². The summed E-state index contributed by atoms with van der Waals surface area (Å²) in [6.07, 6.45) is -1.16. The monoisotopic (exact) mass is 388 g/mol. The minimum atomic E-state index is -1.16. The number of nitro benzene ring substituents is 1. The minimum Gasteiger partial charge on any atom is -0.495 e. The predicted octanol–water partition coefficient (Wildman–Crippen LogP) is 3.19. The Balaban J connectivity index is 2.12. The molecule has 1 unspecified atom stereocenters. The van der Waals surface area contributed by atoms with Crippen molar-refractivity contribution in [3.63, 3.8) is 0 Å². The van der Waals surface area contributed by atoms with Gasteiger partial charge in [-0.2, -0.15) is 0 Å². The average Bonchev–Trinajstić information content (AvgIpc) is 2.68. The summed E-state index contributed by atoms with van der Waals surface area (Å²) in [6, 6.07) is 10.3. The largest absolute Gasteiger partial charge is 0.495 e. The van der Waals surface area contributed by atoms with Crippen molar-refractivity contribution >= 4 is 23.3 Å². The van der Waals surface area contributed by atoms with Gasteiger partial charge in [-0.1, -0.05) is 12.1 Å². The van der Waals surface area contributed by atoms with Crippen molar-refractivity contribution in [1.29, 1.82) is 0 Å². The van der Waals surface area contributed by atoms with Gasteiger partial charge in [0.25, 0.3) is 11.6 Å². The summed E-state index contributed by atoms with van der Waals surface area (Å²) in [4.78, 5) is 35.1. The molecule has 0 radical (unpaired) electrons. The Bertz CT molecular complexity index is 882. The molecule has 1 amide bonds. The molecule has 9 nitrogen and oxygen atoms in total. The second kappa shape index (κ2) is 9.36. The molecule has 0 saturated carbocycles. The zero-order chi connectivity index (χ0) is 20.7. The second-order valence-corrected chi connectivity index (χ2v) is 5.61. The number of benzene rings is 2. The van der Waals surface area contributed by atoms with E-state index in [1.807, 2.05) is 0 Å². The Kier molecular flexibility index (Phi) is 6.91. The standard InChI is InChI=1S/C19H20N2O7/c1-4-27-16-8-6-5-7-14(16)19(23)28-12(2)18(22)20-15-11-13(21(24)25)9-10-17(15)26-3/h5-12H,4H2,1-3H3,(H,20,22). The first-order chi connectivity index (χ1) is 13.4. The third-order valence-corrected chi connectivity index (χ3v) is 3.71. The lowest BCUT2D eigenvalue weighted by Gasteiger charge is -2.16. The van der Waals surface area contributed by atoms with Crippen LogP contribution in [0.3, 0.4) is 0 Å². The molecule has 0 spiro atoms. The van der Waals surface area contributed by atoms with Crippen LogP contribution in [0.25, 0.3) is 0 Å². The molecule has 9 heteroatoms. The fourth-order valence-corrected chi connectivity index (χ4v) is 2.34. The van der Waals surface area contributed by atoms with Crippen LogP contribution in [0.1, 0.15) is 24.2 Å². The highest BCUT2D eigenvalue weighted by Crippen LogP contribution is 2.29. The second-order valence-electron chi connectivity index (χ2n) is 5.61. The van der Waals surface area contributed by atoms with Gasteiger partial charge in [0.2, 0.25) is 0 Å². The van der Waals surface area contributed by atoms with E-state index in [-0.39, 0.29) is 22.7 Å². The molecule has 148 valence electrons. The first-order valence-corrected chi connectivity index (χ1v) is 8.43. The molecule has 0 aliphatic heterocycles. The number of carbonyl (C=O) groups is 2. The summed E-state index contributed by atoms with van der Waals surface area (Å²) in [5, 5.41) is 13.4. The van der Waals surface area contributed by atoms with Gasteiger partial charge in [-0.3, -0.25) is 14.9 Å². The van der Waals surface area contributed by atoms with Crippen molar-refractivity contribution in [3.8, 4) is 11.5 Å². The first-order valence-electron chi connectivity index (χ1n) is 8.43. The third-order valence-electron chi connectivity index (χ3n) is 3.71. The number of nitrogens with zero attached hydrogens (tertiary/aromatic N) is 1. The van der Waals surface area contributed by atoms with Gasteiger partial charge < -0.3 is 19.5 Å². The molecule has 28 heavy (non-hydrogen) atoms. The number of esters is 1. The number of hydrogen-bond acceptors (Lipinski definition) is 7. The van der Waals surface area contributed by atoms with E-state index >= 15 is 0 Å². The Labute approximate surface area is 161 Å².